The third-order valence-electron chi connectivity index (χ3n) is 5.88. The van der Waals surface area contributed by atoms with Crippen LogP contribution in [0.4, 0.5) is 4.39 Å². The third-order valence-corrected chi connectivity index (χ3v) is 5.88. The Morgan fingerprint density at radius 2 is 1.85 bits per heavy atom. The van der Waals surface area contributed by atoms with E-state index < -0.39 is 11.9 Å². The summed E-state index contributed by atoms with van der Waals surface area (Å²) in [4.78, 5) is 12.9. The number of rotatable bonds is 3. The maximum atomic E-state index is 13.5. The highest BCUT2D eigenvalue weighted by Gasteiger charge is 2.31. The number of allylic oxidation sites excluding steroid dienone is 1. The van der Waals surface area contributed by atoms with Crippen LogP contribution in [0.5, 0.6) is 11.5 Å². The molecule has 1 aliphatic rings. The fraction of sp³-hybridized carbons (Fsp3) is 0.111. The van der Waals surface area contributed by atoms with Crippen molar-refractivity contribution in [2.45, 2.75) is 19.8 Å². The Hall–Kier alpha value is -4.57. The number of hydrogen-bond donors (Lipinski definition) is 1. The minimum absolute atomic E-state index is 0.0590. The summed E-state index contributed by atoms with van der Waals surface area (Å²) in [7, 11) is 0. The van der Waals surface area contributed by atoms with Crippen molar-refractivity contribution >= 4 is 16.9 Å². The van der Waals surface area contributed by atoms with Gasteiger partial charge < -0.3 is 19.6 Å². The zero-order valence-corrected chi connectivity index (χ0v) is 18.4. The molecule has 0 saturated heterocycles. The highest BCUT2D eigenvalue weighted by molar-refractivity contribution is 5.97. The van der Waals surface area contributed by atoms with Crippen molar-refractivity contribution in [3.8, 4) is 17.6 Å². The van der Waals surface area contributed by atoms with Crippen molar-refractivity contribution in [2.75, 3.05) is 0 Å². The van der Waals surface area contributed by atoms with Gasteiger partial charge in [0.15, 0.2) is 0 Å². The van der Waals surface area contributed by atoms with E-state index in [2.05, 4.69) is 6.07 Å². The summed E-state index contributed by atoms with van der Waals surface area (Å²) in [5.41, 5.74) is 9.92. The number of nitrogens with two attached hydrogens (primary N) is 1. The van der Waals surface area contributed by atoms with Crippen molar-refractivity contribution < 1.29 is 23.1 Å². The van der Waals surface area contributed by atoms with Gasteiger partial charge in [-0.05, 0) is 49.7 Å². The largest absolute Gasteiger partial charge is 0.449 e. The number of carbonyl (C=O) groups excluding carboxylic acids is 1. The Balaban J connectivity index is 1.49. The summed E-state index contributed by atoms with van der Waals surface area (Å²) in [6, 6.07) is 18.4. The highest BCUT2D eigenvalue weighted by atomic mass is 19.1. The van der Waals surface area contributed by atoms with Crippen molar-refractivity contribution in [3.05, 3.63) is 106 Å². The summed E-state index contributed by atoms with van der Waals surface area (Å²) in [5.74, 6) is -0.937. The van der Waals surface area contributed by atoms with Crippen LogP contribution < -0.4 is 15.2 Å². The number of nitriles is 1. The van der Waals surface area contributed by atoms with Crippen LogP contribution in [0.1, 0.15) is 38.7 Å². The molecule has 0 spiro atoms. The van der Waals surface area contributed by atoms with Crippen molar-refractivity contribution in [3.63, 3.8) is 0 Å². The van der Waals surface area contributed by atoms with Crippen molar-refractivity contribution in [1.29, 1.82) is 5.26 Å². The van der Waals surface area contributed by atoms with E-state index in [0.717, 1.165) is 10.9 Å². The summed E-state index contributed by atoms with van der Waals surface area (Å²) in [6.45, 7) is 3.77. The Morgan fingerprint density at radius 3 is 2.59 bits per heavy atom. The third kappa shape index (κ3) is 3.55. The number of halogens is 1. The topological polar surface area (TPSA) is 98.5 Å². The smallest absolute Gasteiger partial charge is 0.379 e. The Kier molecular flexibility index (Phi) is 5.06. The van der Waals surface area contributed by atoms with E-state index in [1.54, 1.807) is 31.2 Å². The zero-order valence-electron chi connectivity index (χ0n) is 18.4. The second-order valence-corrected chi connectivity index (χ2v) is 8.12. The van der Waals surface area contributed by atoms with E-state index in [1.165, 1.54) is 18.2 Å². The Labute approximate surface area is 194 Å². The number of fused-ring (bicyclic) bond motifs is 2. The molecule has 0 aliphatic carbocycles. The maximum absolute atomic E-state index is 13.5. The van der Waals surface area contributed by atoms with Gasteiger partial charge in [-0.25, -0.2) is 9.18 Å². The molecule has 3 aromatic carbocycles. The average Bonchev–Trinajstić information content (AvgIpc) is 3.14. The minimum atomic E-state index is -0.640. The van der Waals surface area contributed by atoms with E-state index >= 15 is 0 Å². The van der Waals surface area contributed by atoms with Crippen molar-refractivity contribution in [1.82, 2.24) is 0 Å². The number of furan rings is 1. The van der Waals surface area contributed by atoms with Gasteiger partial charge in [-0.1, -0.05) is 29.8 Å². The standard InChI is InChI=1S/C27H19FN2O4/c1-14-3-10-22-20(11-14)15(2)25(33-22)27(31)32-18-8-9-19-23(12-18)34-26(30)21(13-29)24(19)16-4-6-17(28)7-5-16/h3-12,24H,30H2,1-2H3. The number of esters is 1. The first kappa shape index (κ1) is 21.3. The monoisotopic (exact) mass is 454 g/mol. The summed E-state index contributed by atoms with van der Waals surface area (Å²) >= 11 is 0. The van der Waals surface area contributed by atoms with Crippen LogP contribution in [0.3, 0.4) is 0 Å². The molecule has 34 heavy (non-hydrogen) atoms. The number of carbonyl (C=O) groups is 1. The van der Waals surface area contributed by atoms with E-state index in [-0.39, 0.29) is 28.8 Å². The quantitative estimate of drug-likeness (QED) is 0.318. The highest BCUT2D eigenvalue weighted by Crippen LogP contribution is 2.43. The van der Waals surface area contributed by atoms with Gasteiger partial charge >= 0.3 is 5.97 Å². The molecule has 1 unspecified atom stereocenters. The lowest BCUT2D eigenvalue weighted by atomic mass is 9.83. The lowest BCUT2D eigenvalue weighted by Gasteiger charge is -2.26. The van der Waals surface area contributed by atoms with Gasteiger partial charge in [0.05, 0.1) is 5.92 Å². The van der Waals surface area contributed by atoms with E-state index in [1.807, 2.05) is 25.1 Å². The van der Waals surface area contributed by atoms with Gasteiger partial charge in [0.1, 0.15) is 34.5 Å². The number of ether oxygens (including phenoxy) is 2. The molecule has 168 valence electrons. The molecule has 1 aromatic heterocycles. The van der Waals surface area contributed by atoms with E-state index in [4.69, 9.17) is 19.6 Å². The normalized spacial score (nSPS) is 14.9. The summed E-state index contributed by atoms with van der Waals surface area (Å²) < 4.78 is 30.4. The molecule has 6 nitrogen and oxygen atoms in total. The van der Waals surface area contributed by atoms with Crippen LogP contribution in [-0.2, 0) is 0 Å². The number of nitrogens with zero attached hydrogens (tertiary/aromatic N) is 1. The fourth-order valence-electron chi connectivity index (χ4n) is 4.18. The fourth-order valence-corrected chi connectivity index (χ4v) is 4.18. The van der Waals surface area contributed by atoms with Crippen LogP contribution in [0.15, 0.2) is 76.5 Å². The van der Waals surface area contributed by atoms with Crippen LogP contribution >= 0.6 is 0 Å². The van der Waals surface area contributed by atoms with Crippen LogP contribution in [0, 0.1) is 31.0 Å². The molecule has 0 saturated carbocycles. The molecular weight excluding hydrogens is 435 g/mol. The predicted octanol–water partition coefficient (Wildman–Crippen LogP) is 5.63. The van der Waals surface area contributed by atoms with Crippen LogP contribution in [0.2, 0.25) is 0 Å². The lowest BCUT2D eigenvalue weighted by Crippen LogP contribution is -2.21. The Bertz CT molecular complexity index is 1530. The van der Waals surface area contributed by atoms with Gasteiger partial charge in [0.2, 0.25) is 11.6 Å². The van der Waals surface area contributed by atoms with Gasteiger partial charge in [-0.2, -0.15) is 5.26 Å². The first-order valence-corrected chi connectivity index (χ1v) is 10.5. The summed E-state index contributed by atoms with van der Waals surface area (Å²) in [5, 5.41) is 10.5. The Morgan fingerprint density at radius 1 is 1.09 bits per heavy atom. The molecule has 1 aliphatic heterocycles. The van der Waals surface area contributed by atoms with Crippen molar-refractivity contribution in [2.24, 2.45) is 5.73 Å². The molecule has 0 radical (unpaired) electrons. The SMILES string of the molecule is Cc1ccc2oc(C(=O)Oc3ccc4c(c3)OC(N)=C(C#N)C4c3ccc(F)cc3)c(C)c2c1. The summed E-state index contributed by atoms with van der Waals surface area (Å²) in [6.07, 6.45) is 0. The molecule has 0 fully saturated rings. The molecule has 2 heterocycles. The maximum Gasteiger partial charge on any atom is 0.379 e. The van der Waals surface area contributed by atoms with Gasteiger partial charge in [0, 0.05) is 22.6 Å². The molecule has 0 bridgehead atoms. The first-order valence-electron chi connectivity index (χ1n) is 10.5. The predicted molar refractivity (Wildman–Crippen MR) is 123 cm³/mol. The van der Waals surface area contributed by atoms with Crippen LogP contribution in [-0.4, -0.2) is 5.97 Å². The van der Waals surface area contributed by atoms with Gasteiger partial charge in [-0.15, -0.1) is 0 Å². The van der Waals surface area contributed by atoms with Gasteiger partial charge in [0.25, 0.3) is 0 Å². The average molecular weight is 454 g/mol. The molecule has 0 amide bonds. The van der Waals surface area contributed by atoms with E-state index in [0.29, 0.717) is 28.0 Å². The number of hydrogen-bond acceptors (Lipinski definition) is 6. The minimum Gasteiger partial charge on any atom is -0.449 e. The second kappa shape index (κ2) is 8.09. The molecule has 2 N–H and O–H groups in total. The molecule has 4 aromatic rings. The molecule has 7 heteroatoms. The van der Waals surface area contributed by atoms with E-state index in [9.17, 15) is 14.4 Å². The number of benzene rings is 3. The van der Waals surface area contributed by atoms with Crippen LogP contribution in [0.25, 0.3) is 11.0 Å². The zero-order chi connectivity index (χ0) is 24.0. The van der Waals surface area contributed by atoms with Gasteiger partial charge in [-0.3, -0.25) is 0 Å². The first-order chi connectivity index (χ1) is 16.4. The lowest BCUT2D eigenvalue weighted by molar-refractivity contribution is 0.0702. The molecule has 1 atom stereocenters. The molecule has 5 rings (SSSR count). The molecular formula is C27H19FN2O4. The number of aryl methyl sites for hydroxylation is 2. The second-order valence-electron chi connectivity index (χ2n) is 8.12.